The number of hydrogen-bond donors (Lipinski definition) is 8. The standard InChI is InChI=1S/C36H58N6O8S2/c1-8-22(5)29(34(47)40-28(19-51)36(49)50)42-35(48)30(23(6)9-2)41-33(46)27(18-24-13-11-10-12-14-24)39-32(45)26(17-21(3)4)38-31(44)25(37-20-43)15-16-52-7/h10-14,20-23,25-30,51H,8-9,15-19H2,1-7H3,(H,37,43)(H,38,44)(H,39,45)(H,40,47)(H,41,46)(H,42,48)(H,49,50)/t22-,23-,25-,26-,27-,28-,29-,30-/m0/s1. The number of hydrogen-bond acceptors (Lipinski definition) is 9. The second-order valence-corrected chi connectivity index (χ2v) is 14.7. The number of benzene rings is 1. The zero-order valence-corrected chi connectivity index (χ0v) is 33.0. The molecule has 1 aromatic rings. The fourth-order valence-electron chi connectivity index (χ4n) is 5.26. The Kier molecular flexibility index (Phi) is 21.7. The molecule has 14 nitrogen and oxygen atoms in total. The van der Waals surface area contributed by atoms with Crippen molar-refractivity contribution >= 4 is 66.3 Å². The molecule has 0 radical (unpaired) electrons. The van der Waals surface area contributed by atoms with Crippen molar-refractivity contribution in [1.82, 2.24) is 31.9 Å². The molecule has 52 heavy (non-hydrogen) atoms. The van der Waals surface area contributed by atoms with E-state index in [4.69, 9.17) is 0 Å². The van der Waals surface area contributed by atoms with E-state index in [0.717, 1.165) is 5.56 Å². The van der Waals surface area contributed by atoms with E-state index in [0.29, 0.717) is 31.4 Å². The maximum atomic E-state index is 14.1. The van der Waals surface area contributed by atoms with Gasteiger partial charge in [0.2, 0.25) is 35.9 Å². The first-order valence-corrected chi connectivity index (χ1v) is 19.7. The monoisotopic (exact) mass is 766 g/mol. The Labute approximate surface area is 317 Å². The van der Waals surface area contributed by atoms with Crippen molar-refractivity contribution in [2.45, 2.75) is 110 Å². The zero-order valence-electron chi connectivity index (χ0n) is 31.3. The Balaban J connectivity index is 3.41. The molecular weight excluding hydrogens is 709 g/mol. The van der Waals surface area contributed by atoms with E-state index < -0.39 is 77.7 Å². The van der Waals surface area contributed by atoms with Crippen LogP contribution in [0.3, 0.4) is 0 Å². The fourth-order valence-corrected chi connectivity index (χ4v) is 5.98. The third kappa shape index (κ3) is 15.8. The topological polar surface area (TPSA) is 212 Å². The van der Waals surface area contributed by atoms with Gasteiger partial charge in [-0.25, -0.2) is 4.79 Å². The van der Waals surface area contributed by atoms with Gasteiger partial charge < -0.3 is 37.0 Å². The Hall–Kier alpha value is -3.79. The number of carbonyl (C=O) groups is 7. The summed E-state index contributed by atoms with van der Waals surface area (Å²) < 4.78 is 0. The van der Waals surface area contributed by atoms with Gasteiger partial charge in [-0.05, 0) is 48.2 Å². The summed E-state index contributed by atoms with van der Waals surface area (Å²) in [6.07, 6.45) is 3.95. The van der Waals surface area contributed by atoms with Gasteiger partial charge in [-0.3, -0.25) is 28.8 Å². The summed E-state index contributed by atoms with van der Waals surface area (Å²) in [5.41, 5.74) is 0.731. The lowest BCUT2D eigenvalue weighted by molar-refractivity contribution is -0.142. The molecule has 0 aliphatic rings. The van der Waals surface area contributed by atoms with Crippen LogP contribution in [0.2, 0.25) is 0 Å². The fraction of sp³-hybridized carbons (Fsp3) is 0.639. The summed E-state index contributed by atoms with van der Waals surface area (Å²) in [7, 11) is 0. The second kappa shape index (κ2) is 24.5. The van der Waals surface area contributed by atoms with E-state index in [-0.39, 0.29) is 30.4 Å². The van der Waals surface area contributed by atoms with Crippen molar-refractivity contribution in [3.63, 3.8) is 0 Å². The van der Waals surface area contributed by atoms with E-state index in [1.165, 1.54) is 11.8 Å². The third-order valence-electron chi connectivity index (χ3n) is 8.84. The molecule has 6 amide bonds. The molecule has 0 aliphatic heterocycles. The van der Waals surface area contributed by atoms with E-state index in [1.54, 1.807) is 38.1 Å². The van der Waals surface area contributed by atoms with Gasteiger partial charge in [-0.2, -0.15) is 24.4 Å². The molecule has 0 heterocycles. The van der Waals surface area contributed by atoms with Crippen LogP contribution in [0.15, 0.2) is 30.3 Å². The molecule has 16 heteroatoms. The van der Waals surface area contributed by atoms with E-state index in [1.807, 2.05) is 40.0 Å². The Morgan fingerprint density at radius 2 is 1.21 bits per heavy atom. The van der Waals surface area contributed by atoms with Crippen LogP contribution in [-0.2, 0) is 40.0 Å². The lowest BCUT2D eigenvalue weighted by Gasteiger charge is -2.31. The quantitative estimate of drug-likeness (QED) is 0.0537. The Morgan fingerprint density at radius 1 is 0.731 bits per heavy atom. The minimum atomic E-state index is -1.27. The van der Waals surface area contributed by atoms with Crippen LogP contribution in [0.4, 0.5) is 0 Å². The van der Waals surface area contributed by atoms with Gasteiger partial charge in [0.1, 0.15) is 36.3 Å². The number of carbonyl (C=O) groups excluding carboxylic acids is 6. The molecule has 0 unspecified atom stereocenters. The minimum absolute atomic E-state index is 0.0196. The second-order valence-electron chi connectivity index (χ2n) is 13.4. The van der Waals surface area contributed by atoms with Crippen LogP contribution in [-0.4, -0.2) is 101 Å². The number of carboxylic acids is 1. The predicted molar refractivity (Wildman–Crippen MR) is 206 cm³/mol. The number of thioether (sulfide) groups is 1. The molecule has 292 valence electrons. The maximum Gasteiger partial charge on any atom is 0.327 e. The molecule has 0 spiro atoms. The van der Waals surface area contributed by atoms with E-state index in [2.05, 4.69) is 44.5 Å². The Bertz CT molecular complexity index is 1320. The van der Waals surface area contributed by atoms with Crippen molar-refractivity contribution in [3.05, 3.63) is 35.9 Å². The molecule has 7 N–H and O–H groups in total. The minimum Gasteiger partial charge on any atom is -0.480 e. The molecule has 0 bridgehead atoms. The molecule has 8 atom stereocenters. The normalized spacial score (nSPS) is 15.7. The van der Waals surface area contributed by atoms with Gasteiger partial charge in [0.15, 0.2) is 0 Å². The molecule has 1 rings (SSSR count). The highest BCUT2D eigenvalue weighted by molar-refractivity contribution is 7.98. The van der Waals surface area contributed by atoms with Gasteiger partial charge in [-0.1, -0.05) is 84.7 Å². The zero-order chi connectivity index (χ0) is 39.4. The number of rotatable bonds is 25. The van der Waals surface area contributed by atoms with Crippen LogP contribution in [0.1, 0.15) is 72.8 Å². The van der Waals surface area contributed by atoms with Crippen LogP contribution in [0.5, 0.6) is 0 Å². The molecule has 0 aliphatic carbocycles. The number of aliphatic carboxylic acids is 1. The van der Waals surface area contributed by atoms with Crippen LogP contribution >= 0.6 is 24.4 Å². The number of carboxylic acid groups (broad SMARTS) is 1. The van der Waals surface area contributed by atoms with Gasteiger partial charge in [0, 0.05) is 12.2 Å². The molecule has 0 aromatic heterocycles. The number of thiol groups is 1. The van der Waals surface area contributed by atoms with Crippen LogP contribution in [0.25, 0.3) is 0 Å². The predicted octanol–water partition coefficient (Wildman–Crippen LogP) is 1.67. The smallest absolute Gasteiger partial charge is 0.327 e. The Morgan fingerprint density at radius 3 is 1.69 bits per heavy atom. The molecule has 0 saturated heterocycles. The first-order chi connectivity index (χ1) is 24.6. The summed E-state index contributed by atoms with van der Waals surface area (Å²) in [5.74, 6) is -4.75. The van der Waals surface area contributed by atoms with Crippen molar-refractivity contribution in [3.8, 4) is 0 Å². The largest absolute Gasteiger partial charge is 0.480 e. The lowest BCUT2D eigenvalue weighted by Crippen LogP contribution is -2.61. The van der Waals surface area contributed by atoms with E-state index in [9.17, 15) is 38.7 Å². The highest BCUT2D eigenvalue weighted by Gasteiger charge is 2.36. The summed E-state index contributed by atoms with van der Waals surface area (Å²) in [4.78, 5) is 90.9. The molecular formula is C36H58N6O8S2. The molecule has 1 aromatic carbocycles. The lowest BCUT2D eigenvalue weighted by atomic mass is 9.94. The van der Waals surface area contributed by atoms with Crippen molar-refractivity contribution in [1.29, 1.82) is 0 Å². The van der Waals surface area contributed by atoms with Gasteiger partial charge in [-0.15, -0.1) is 0 Å². The number of amides is 6. The summed E-state index contributed by atoms with van der Waals surface area (Å²) in [6, 6.07) is 2.46. The first-order valence-electron chi connectivity index (χ1n) is 17.7. The van der Waals surface area contributed by atoms with Crippen molar-refractivity contribution < 1.29 is 38.7 Å². The third-order valence-corrected chi connectivity index (χ3v) is 9.84. The highest BCUT2D eigenvalue weighted by atomic mass is 32.2. The summed E-state index contributed by atoms with van der Waals surface area (Å²) in [5, 5.41) is 25.4. The summed E-state index contributed by atoms with van der Waals surface area (Å²) >= 11 is 5.52. The highest BCUT2D eigenvalue weighted by Crippen LogP contribution is 2.15. The van der Waals surface area contributed by atoms with Gasteiger partial charge >= 0.3 is 5.97 Å². The van der Waals surface area contributed by atoms with Crippen molar-refractivity contribution in [2.24, 2.45) is 17.8 Å². The maximum absolute atomic E-state index is 14.1. The molecule has 0 fully saturated rings. The molecule has 0 saturated carbocycles. The average Bonchev–Trinajstić information content (AvgIpc) is 3.11. The van der Waals surface area contributed by atoms with Gasteiger partial charge in [0.25, 0.3) is 0 Å². The van der Waals surface area contributed by atoms with Crippen LogP contribution < -0.4 is 31.9 Å². The average molecular weight is 767 g/mol. The summed E-state index contributed by atoms with van der Waals surface area (Å²) in [6.45, 7) is 11.0. The van der Waals surface area contributed by atoms with Gasteiger partial charge in [0.05, 0.1) is 0 Å². The number of nitrogens with one attached hydrogen (secondary N) is 6. The van der Waals surface area contributed by atoms with Crippen LogP contribution in [0, 0.1) is 17.8 Å². The van der Waals surface area contributed by atoms with Crippen molar-refractivity contribution in [2.75, 3.05) is 17.8 Å². The SMILES string of the molecule is CC[C@H](C)[C@H](NC(=O)[C@H](Cc1ccccc1)NC(=O)[C@H](CC(C)C)NC(=O)[C@H](CCSC)NC=O)C(=O)N[C@H](C(=O)N[C@@H](CS)C(=O)O)[C@@H](C)CC. The van der Waals surface area contributed by atoms with E-state index >= 15 is 0 Å². The first kappa shape index (κ1) is 46.2.